The number of thioether (sulfide) groups is 1. The van der Waals surface area contributed by atoms with Crippen molar-refractivity contribution < 1.29 is 9.53 Å². The molecule has 0 aliphatic heterocycles. The molecule has 0 radical (unpaired) electrons. The van der Waals surface area contributed by atoms with Crippen LogP contribution in [0.3, 0.4) is 0 Å². The van der Waals surface area contributed by atoms with Gasteiger partial charge in [0.05, 0.1) is 6.42 Å². The summed E-state index contributed by atoms with van der Waals surface area (Å²) < 4.78 is 7.30. The van der Waals surface area contributed by atoms with Gasteiger partial charge in [0.2, 0.25) is 0 Å². The Kier molecular flexibility index (Phi) is 6.94. The third kappa shape index (κ3) is 6.66. The molecule has 0 unspecified atom stereocenters. The van der Waals surface area contributed by atoms with E-state index in [2.05, 4.69) is 32.0 Å². The van der Waals surface area contributed by atoms with Crippen LogP contribution in [0.2, 0.25) is 0 Å². The summed E-state index contributed by atoms with van der Waals surface area (Å²) in [5.74, 6) is 1.60. The summed E-state index contributed by atoms with van der Waals surface area (Å²) in [6, 6.07) is 0. The number of ether oxygens (including phenoxy) is 1. The van der Waals surface area contributed by atoms with Crippen molar-refractivity contribution >= 4 is 17.5 Å². The quantitative estimate of drug-likeness (QED) is 0.837. The summed E-state index contributed by atoms with van der Waals surface area (Å²) >= 11 is 1.88. The topological polar surface area (TPSA) is 44.1 Å². The number of carbonyl (C=O) groups is 1. The average molecular weight is 312 g/mol. The number of aromatic nitrogens is 2. The molecule has 0 atom stereocenters. The third-order valence-electron chi connectivity index (χ3n) is 3.39. The highest BCUT2D eigenvalue weighted by Gasteiger charge is 2.27. The molecular weight excluding hydrogens is 284 g/mol. The first kappa shape index (κ1) is 18.2. The Labute approximate surface area is 132 Å². The number of hydrogen-bond acceptors (Lipinski definition) is 4. The molecule has 120 valence electrons. The second-order valence-electron chi connectivity index (χ2n) is 6.40. The molecule has 4 nitrogen and oxygen atoms in total. The van der Waals surface area contributed by atoms with Crippen LogP contribution >= 0.6 is 11.8 Å². The van der Waals surface area contributed by atoms with Crippen molar-refractivity contribution in [1.82, 2.24) is 9.55 Å². The Morgan fingerprint density at radius 3 is 2.48 bits per heavy atom. The molecule has 0 spiro atoms. The van der Waals surface area contributed by atoms with Gasteiger partial charge in [-0.2, -0.15) is 11.8 Å². The predicted molar refractivity (Wildman–Crippen MR) is 89.0 cm³/mol. The molecule has 0 bridgehead atoms. The molecule has 1 aromatic heterocycles. The first-order chi connectivity index (χ1) is 9.78. The first-order valence-corrected chi connectivity index (χ1v) is 8.57. The number of Topliss-reactive ketones (excluding diaryl/α,β-unsaturated/α-hetero) is 1. The molecule has 0 aromatic carbocycles. The monoisotopic (exact) mass is 312 g/mol. The van der Waals surface area contributed by atoms with Gasteiger partial charge in [0.25, 0.3) is 0 Å². The summed E-state index contributed by atoms with van der Waals surface area (Å²) in [7, 11) is 3.52. The van der Waals surface area contributed by atoms with Gasteiger partial charge in [0, 0.05) is 36.7 Å². The highest BCUT2D eigenvalue weighted by atomic mass is 32.2. The summed E-state index contributed by atoms with van der Waals surface area (Å²) in [6.07, 6.45) is 6.90. The molecule has 1 saturated carbocycles. The Morgan fingerprint density at radius 1 is 1.48 bits per heavy atom. The minimum atomic E-state index is 0.0774. The van der Waals surface area contributed by atoms with Gasteiger partial charge in [-0.15, -0.1) is 0 Å². The summed E-state index contributed by atoms with van der Waals surface area (Å²) in [5.41, 5.74) is 1.26. The molecule has 1 aliphatic carbocycles. The standard InChI is InChI=1S/C11H16N2O2.C5H12S/c1-13-10(8-3-4-8)6-12-11(13)5-9(14)7-15-2;1-5(2,3)6-4/h6,8H,3-5,7H2,1-2H3;1-4H3. The number of methoxy groups -OCH3 is 1. The summed E-state index contributed by atoms with van der Waals surface area (Å²) in [6.45, 7) is 6.79. The Balaban J connectivity index is 0.000000315. The van der Waals surface area contributed by atoms with Crippen LogP contribution in [0.1, 0.15) is 51.0 Å². The van der Waals surface area contributed by atoms with Crippen LogP contribution < -0.4 is 0 Å². The SMILES string of the molecule is COCC(=O)Cc1ncc(C2CC2)n1C.CSC(C)(C)C. The van der Waals surface area contributed by atoms with Gasteiger partial charge in [-0.25, -0.2) is 4.98 Å². The lowest BCUT2D eigenvalue weighted by Crippen LogP contribution is -2.13. The van der Waals surface area contributed by atoms with E-state index in [1.54, 1.807) is 0 Å². The fourth-order valence-corrected chi connectivity index (χ4v) is 1.77. The molecule has 5 heteroatoms. The Bertz CT molecular complexity index is 459. The third-order valence-corrected chi connectivity index (χ3v) is 4.61. The fraction of sp³-hybridized carbons (Fsp3) is 0.750. The Hall–Kier alpha value is -0.810. The summed E-state index contributed by atoms with van der Waals surface area (Å²) in [5, 5.41) is 0. The molecule has 2 rings (SSSR count). The van der Waals surface area contributed by atoms with Crippen molar-refractivity contribution in [3.8, 4) is 0 Å². The largest absolute Gasteiger partial charge is 0.377 e. The highest BCUT2D eigenvalue weighted by molar-refractivity contribution is 7.99. The maximum Gasteiger partial charge on any atom is 0.165 e. The van der Waals surface area contributed by atoms with E-state index in [0.717, 1.165) is 5.82 Å². The molecular formula is C16H28N2O2S. The van der Waals surface area contributed by atoms with Gasteiger partial charge < -0.3 is 9.30 Å². The average Bonchev–Trinajstić information content (AvgIpc) is 3.17. The van der Waals surface area contributed by atoms with Crippen LogP contribution in [0.4, 0.5) is 0 Å². The van der Waals surface area contributed by atoms with E-state index < -0.39 is 0 Å². The lowest BCUT2D eigenvalue weighted by atomic mass is 10.3. The lowest BCUT2D eigenvalue weighted by molar-refractivity contribution is -0.122. The van der Waals surface area contributed by atoms with Crippen LogP contribution in [0.5, 0.6) is 0 Å². The van der Waals surface area contributed by atoms with E-state index in [9.17, 15) is 4.79 Å². The maximum absolute atomic E-state index is 11.4. The number of hydrogen-bond donors (Lipinski definition) is 0. The molecule has 1 aromatic rings. The van der Waals surface area contributed by atoms with Crippen LogP contribution in [-0.4, -0.2) is 40.1 Å². The zero-order chi connectivity index (χ0) is 16.0. The van der Waals surface area contributed by atoms with Crippen molar-refractivity contribution in [3.63, 3.8) is 0 Å². The van der Waals surface area contributed by atoms with E-state index in [0.29, 0.717) is 17.1 Å². The number of nitrogens with zero attached hydrogens (tertiary/aromatic N) is 2. The zero-order valence-corrected chi connectivity index (χ0v) is 14.9. The number of ketones is 1. The first-order valence-electron chi connectivity index (χ1n) is 7.34. The molecule has 21 heavy (non-hydrogen) atoms. The molecule has 1 fully saturated rings. The van der Waals surface area contributed by atoms with Gasteiger partial charge in [0.15, 0.2) is 5.78 Å². The molecule has 1 aliphatic rings. The second kappa shape index (κ2) is 7.99. The van der Waals surface area contributed by atoms with E-state index in [4.69, 9.17) is 4.74 Å². The van der Waals surface area contributed by atoms with Crippen molar-refractivity contribution in [2.24, 2.45) is 7.05 Å². The molecule has 0 N–H and O–H groups in total. The van der Waals surface area contributed by atoms with Crippen LogP contribution in [0.15, 0.2) is 6.20 Å². The molecule has 0 saturated heterocycles. The van der Waals surface area contributed by atoms with Crippen molar-refractivity contribution in [3.05, 3.63) is 17.7 Å². The van der Waals surface area contributed by atoms with Crippen LogP contribution in [0.25, 0.3) is 0 Å². The van der Waals surface area contributed by atoms with Crippen molar-refractivity contribution in [2.75, 3.05) is 20.0 Å². The predicted octanol–water partition coefficient (Wildman–Crippen LogP) is 3.20. The molecule has 1 heterocycles. The van der Waals surface area contributed by atoms with E-state index in [-0.39, 0.29) is 12.4 Å². The van der Waals surface area contributed by atoms with Crippen LogP contribution in [0, 0.1) is 0 Å². The minimum absolute atomic E-state index is 0.0774. The van der Waals surface area contributed by atoms with E-state index >= 15 is 0 Å². The van der Waals surface area contributed by atoms with Crippen molar-refractivity contribution in [2.45, 2.75) is 50.7 Å². The van der Waals surface area contributed by atoms with Gasteiger partial charge in [-0.05, 0) is 19.1 Å². The lowest BCUT2D eigenvalue weighted by Gasteiger charge is -2.12. The number of carbonyl (C=O) groups excluding carboxylic acids is 1. The minimum Gasteiger partial charge on any atom is -0.377 e. The van der Waals surface area contributed by atoms with Gasteiger partial charge in [-0.1, -0.05) is 20.8 Å². The van der Waals surface area contributed by atoms with Crippen molar-refractivity contribution in [1.29, 1.82) is 0 Å². The normalized spacial score (nSPS) is 14.6. The zero-order valence-electron chi connectivity index (χ0n) is 14.1. The number of rotatable bonds is 5. The Morgan fingerprint density at radius 2 is 2.05 bits per heavy atom. The molecule has 0 amide bonds. The van der Waals surface area contributed by atoms with Gasteiger partial charge >= 0.3 is 0 Å². The fourth-order valence-electron chi connectivity index (χ4n) is 1.77. The highest BCUT2D eigenvalue weighted by Crippen LogP contribution is 2.39. The van der Waals surface area contributed by atoms with Crippen LogP contribution in [-0.2, 0) is 23.0 Å². The second-order valence-corrected chi connectivity index (χ2v) is 8.03. The van der Waals surface area contributed by atoms with Gasteiger partial charge in [0.1, 0.15) is 12.4 Å². The van der Waals surface area contributed by atoms with E-state index in [1.165, 1.54) is 25.6 Å². The summed E-state index contributed by atoms with van der Waals surface area (Å²) in [4.78, 5) is 15.7. The number of imidazole rings is 1. The maximum atomic E-state index is 11.4. The van der Waals surface area contributed by atoms with Gasteiger partial charge in [-0.3, -0.25) is 4.79 Å². The smallest absolute Gasteiger partial charge is 0.165 e. The van der Waals surface area contributed by atoms with E-state index in [1.807, 2.05) is 29.6 Å².